The summed E-state index contributed by atoms with van der Waals surface area (Å²) in [5, 5.41) is 12.5. The maximum atomic E-state index is 12.5. The molecule has 0 aromatic heterocycles. The molecule has 0 radical (unpaired) electrons. The summed E-state index contributed by atoms with van der Waals surface area (Å²) in [6.07, 6.45) is 2.95. The second-order valence-electron chi connectivity index (χ2n) is 7.33. The van der Waals surface area contributed by atoms with Crippen molar-refractivity contribution in [1.29, 1.82) is 0 Å². The number of hydrogen-bond donors (Lipinski definition) is 2. The first-order valence-corrected chi connectivity index (χ1v) is 11.0. The van der Waals surface area contributed by atoms with Gasteiger partial charge < -0.3 is 15.3 Å². The fourth-order valence-electron chi connectivity index (χ4n) is 3.61. The average Bonchev–Trinajstić information content (AvgIpc) is 3.26. The van der Waals surface area contributed by atoms with Gasteiger partial charge in [-0.3, -0.25) is 9.59 Å². The molecule has 0 spiro atoms. The van der Waals surface area contributed by atoms with E-state index in [1.54, 1.807) is 19.1 Å². The van der Waals surface area contributed by atoms with Gasteiger partial charge >= 0.3 is 5.97 Å². The van der Waals surface area contributed by atoms with E-state index in [1.165, 1.54) is 17.8 Å². The van der Waals surface area contributed by atoms with Gasteiger partial charge in [0.05, 0.1) is 11.3 Å². The molecule has 1 heterocycles. The molecule has 7 heteroatoms. The van der Waals surface area contributed by atoms with Crippen LogP contribution in [0.3, 0.4) is 0 Å². The molecular weight excluding hydrogens is 400 g/mol. The van der Waals surface area contributed by atoms with Gasteiger partial charge in [0.25, 0.3) is 0 Å². The molecule has 158 valence electrons. The van der Waals surface area contributed by atoms with Crippen LogP contribution in [0.15, 0.2) is 42.5 Å². The molecule has 2 N–H and O–H groups in total. The minimum absolute atomic E-state index is 0.0640. The number of amides is 1. The van der Waals surface area contributed by atoms with Crippen molar-refractivity contribution in [2.24, 2.45) is 0 Å². The van der Waals surface area contributed by atoms with Gasteiger partial charge in [0.15, 0.2) is 5.12 Å². The molecule has 2 aromatic rings. The van der Waals surface area contributed by atoms with Gasteiger partial charge in [-0.2, -0.15) is 0 Å². The Bertz CT molecular complexity index is 939. The Balaban J connectivity index is 1.63. The van der Waals surface area contributed by atoms with Crippen molar-refractivity contribution in [1.82, 2.24) is 0 Å². The summed E-state index contributed by atoms with van der Waals surface area (Å²) in [5.41, 5.74) is 3.49. The number of nitrogens with zero attached hydrogens (tertiary/aromatic N) is 1. The summed E-state index contributed by atoms with van der Waals surface area (Å²) in [6.45, 7) is 3.25. The Morgan fingerprint density at radius 1 is 1.07 bits per heavy atom. The fraction of sp³-hybridized carbons (Fsp3) is 0.348. The van der Waals surface area contributed by atoms with Crippen LogP contribution >= 0.6 is 11.8 Å². The molecule has 6 nitrogen and oxygen atoms in total. The molecule has 2 aromatic carbocycles. The van der Waals surface area contributed by atoms with Gasteiger partial charge in [-0.25, -0.2) is 4.79 Å². The Kier molecular flexibility index (Phi) is 7.52. The number of nitrogens with one attached hydrogen (secondary N) is 1. The number of benzene rings is 2. The molecule has 0 atom stereocenters. The standard InChI is InChI=1S/C23H26N2O4S/c1-16(26)30-15-18-7-3-2-6-17(18)8-11-22(27)24-19-9-10-21(20(14-19)23(28)29)25-12-4-5-13-25/h2-3,6-7,9-10,14H,4-5,8,11-13,15H2,1H3,(H,24,27)(H,28,29). The molecule has 1 fully saturated rings. The molecule has 1 amide bonds. The van der Waals surface area contributed by atoms with Crippen LogP contribution in [0, 0.1) is 0 Å². The third kappa shape index (κ3) is 5.86. The second-order valence-corrected chi connectivity index (χ2v) is 8.48. The monoisotopic (exact) mass is 426 g/mol. The summed E-state index contributed by atoms with van der Waals surface area (Å²) in [5.74, 6) is -0.577. The minimum atomic E-state index is -0.995. The Morgan fingerprint density at radius 3 is 2.43 bits per heavy atom. The fourth-order valence-corrected chi connectivity index (χ4v) is 4.25. The summed E-state index contributed by atoms with van der Waals surface area (Å²) >= 11 is 1.25. The summed E-state index contributed by atoms with van der Waals surface area (Å²) in [7, 11) is 0. The molecular formula is C23H26N2O4S. The van der Waals surface area contributed by atoms with Gasteiger partial charge in [0.1, 0.15) is 0 Å². The maximum absolute atomic E-state index is 12.5. The van der Waals surface area contributed by atoms with Crippen molar-refractivity contribution in [2.45, 2.75) is 38.4 Å². The van der Waals surface area contributed by atoms with Crippen LogP contribution in [-0.4, -0.2) is 35.2 Å². The number of carbonyl (C=O) groups is 3. The molecule has 0 saturated carbocycles. The molecule has 0 aliphatic carbocycles. The first kappa shape index (κ1) is 21.9. The highest BCUT2D eigenvalue weighted by Gasteiger charge is 2.20. The van der Waals surface area contributed by atoms with E-state index in [4.69, 9.17) is 0 Å². The lowest BCUT2D eigenvalue weighted by molar-refractivity contribution is -0.116. The molecule has 3 rings (SSSR count). The molecule has 1 aliphatic heterocycles. The summed E-state index contributed by atoms with van der Waals surface area (Å²) in [6, 6.07) is 12.9. The van der Waals surface area contributed by atoms with Crippen LogP contribution in [0.2, 0.25) is 0 Å². The van der Waals surface area contributed by atoms with Crippen molar-refractivity contribution in [3.8, 4) is 0 Å². The number of anilines is 2. The number of carbonyl (C=O) groups excluding carboxylic acids is 2. The number of carboxylic acid groups (broad SMARTS) is 1. The van der Waals surface area contributed by atoms with Gasteiger partial charge in [0, 0.05) is 37.9 Å². The van der Waals surface area contributed by atoms with E-state index < -0.39 is 5.97 Å². The Labute approximate surface area is 180 Å². The van der Waals surface area contributed by atoms with Crippen LogP contribution in [0.4, 0.5) is 11.4 Å². The first-order valence-electron chi connectivity index (χ1n) is 10.1. The van der Waals surface area contributed by atoms with Gasteiger partial charge in [-0.1, -0.05) is 36.0 Å². The molecule has 0 unspecified atom stereocenters. The van der Waals surface area contributed by atoms with E-state index in [1.807, 2.05) is 24.3 Å². The van der Waals surface area contributed by atoms with E-state index in [9.17, 15) is 19.5 Å². The largest absolute Gasteiger partial charge is 0.478 e. The minimum Gasteiger partial charge on any atom is -0.478 e. The van der Waals surface area contributed by atoms with Crippen LogP contribution < -0.4 is 10.2 Å². The summed E-state index contributed by atoms with van der Waals surface area (Å²) in [4.78, 5) is 37.5. The zero-order valence-electron chi connectivity index (χ0n) is 17.0. The number of rotatable bonds is 8. The number of carboxylic acids is 1. The molecule has 1 saturated heterocycles. The normalized spacial score (nSPS) is 13.3. The topological polar surface area (TPSA) is 86.7 Å². The van der Waals surface area contributed by atoms with Gasteiger partial charge in [0.2, 0.25) is 5.91 Å². The van der Waals surface area contributed by atoms with E-state index in [2.05, 4.69) is 10.2 Å². The highest BCUT2D eigenvalue weighted by atomic mass is 32.2. The predicted octanol–water partition coefficient (Wildman–Crippen LogP) is 4.34. The van der Waals surface area contributed by atoms with E-state index >= 15 is 0 Å². The van der Waals surface area contributed by atoms with Crippen molar-refractivity contribution >= 4 is 40.1 Å². The van der Waals surface area contributed by atoms with Crippen LogP contribution in [0.5, 0.6) is 0 Å². The van der Waals surface area contributed by atoms with Crippen molar-refractivity contribution in [3.63, 3.8) is 0 Å². The highest BCUT2D eigenvalue weighted by Crippen LogP contribution is 2.28. The molecule has 1 aliphatic rings. The smallest absolute Gasteiger partial charge is 0.337 e. The van der Waals surface area contributed by atoms with E-state index in [0.717, 1.165) is 37.1 Å². The number of hydrogen-bond acceptors (Lipinski definition) is 5. The lowest BCUT2D eigenvalue weighted by Crippen LogP contribution is -2.21. The number of thioether (sulfide) groups is 1. The lowest BCUT2D eigenvalue weighted by atomic mass is 10.0. The molecule has 30 heavy (non-hydrogen) atoms. The Morgan fingerprint density at radius 2 is 1.77 bits per heavy atom. The maximum Gasteiger partial charge on any atom is 0.337 e. The van der Waals surface area contributed by atoms with Crippen molar-refractivity contribution in [2.75, 3.05) is 23.3 Å². The lowest BCUT2D eigenvalue weighted by Gasteiger charge is -2.20. The van der Waals surface area contributed by atoms with Crippen LogP contribution in [0.1, 0.15) is 47.7 Å². The van der Waals surface area contributed by atoms with Crippen LogP contribution in [0.25, 0.3) is 0 Å². The third-order valence-corrected chi connectivity index (χ3v) is 5.99. The predicted molar refractivity (Wildman–Crippen MR) is 120 cm³/mol. The Hall–Kier alpha value is -2.80. The van der Waals surface area contributed by atoms with Gasteiger partial charge in [-0.05, 0) is 48.6 Å². The third-order valence-electron chi connectivity index (χ3n) is 5.13. The van der Waals surface area contributed by atoms with Crippen molar-refractivity contribution in [3.05, 3.63) is 59.2 Å². The van der Waals surface area contributed by atoms with Gasteiger partial charge in [-0.15, -0.1) is 0 Å². The molecule has 0 bridgehead atoms. The van der Waals surface area contributed by atoms with E-state index in [-0.39, 0.29) is 23.0 Å². The first-order chi connectivity index (χ1) is 14.4. The SMILES string of the molecule is CC(=O)SCc1ccccc1CCC(=O)Nc1ccc(N2CCCC2)c(C(=O)O)c1. The number of aryl methyl sites for hydroxylation is 1. The highest BCUT2D eigenvalue weighted by molar-refractivity contribution is 8.12. The average molecular weight is 427 g/mol. The summed E-state index contributed by atoms with van der Waals surface area (Å²) < 4.78 is 0. The number of aromatic carboxylic acids is 1. The second kappa shape index (κ2) is 10.3. The zero-order valence-corrected chi connectivity index (χ0v) is 17.8. The zero-order chi connectivity index (χ0) is 21.5. The van der Waals surface area contributed by atoms with Crippen molar-refractivity contribution < 1.29 is 19.5 Å². The van der Waals surface area contributed by atoms with Crippen LogP contribution in [-0.2, 0) is 21.8 Å². The quantitative estimate of drug-likeness (QED) is 0.653. The van der Waals surface area contributed by atoms with E-state index in [0.29, 0.717) is 23.5 Å².